The average molecular weight is 283 g/mol. The fourth-order valence-corrected chi connectivity index (χ4v) is 2.10. The van der Waals surface area contributed by atoms with E-state index in [1.54, 1.807) is 12.1 Å². The van der Waals surface area contributed by atoms with Gasteiger partial charge < -0.3 is 10.4 Å². The van der Waals surface area contributed by atoms with Gasteiger partial charge in [0.15, 0.2) is 0 Å². The van der Waals surface area contributed by atoms with Crippen LogP contribution in [0.5, 0.6) is 5.75 Å². The van der Waals surface area contributed by atoms with Crippen LogP contribution < -0.4 is 5.32 Å². The predicted molar refractivity (Wildman–Crippen MR) is 84.9 cm³/mol. The number of carbonyl (C=O) groups excluding carboxylic acids is 1. The van der Waals surface area contributed by atoms with Crippen molar-refractivity contribution in [3.63, 3.8) is 0 Å². The molecule has 2 aromatic rings. The molecular formula is C18H21NO2. The standard InChI is InChI=1S/C18H21NO2/c1-2-3-4-18(21)19-13-14-5-7-15(8-6-14)16-9-11-17(20)12-10-16/h5-12,20H,2-4,13H2,1H3,(H,19,21). The second kappa shape index (κ2) is 7.48. The highest BCUT2D eigenvalue weighted by atomic mass is 16.3. The predicted octanol–water partition coefficient (Wildman–Crippen LogP) is 3.87. The lowest BCUT2D eigenvalue weighted by Crippen LogP contribution is -2.22. The van der Waals surface area contributed by atoms with Crippen molar-refractivity contribution in [2.24, 2.45) is 0 Å². The molecule has 2 N–H and O–H groups in total. The molecule has 0 spiro atoms. The summed E-state index contributed by atoms with van der Waals surface area (Å²) in [6.07, 6.45) is 2.57. The molecule has 0 radical (unpaired) electrons. The van der Waals surface area contributed by atoms with E-state index < -0.39 is 0 Å². The lowest BCUT2D eigenvalue weighted by molar-refractivity contribution is -0.121. The second-order valence-corrected chi connectivity index (χ2v) is 5.12. The van der Waals surface area contributed by atoms with Crippen molar-refractivity contribution in [1.82, 2.24) is 5.32 Å². The van der Waals surface area contributed by atoms with Crippen molar-refractivity contribution in [3.05, 3.63) is 54.1 Å². The molecule has 21 heavy (non-hydrogen) atoms. The summed E-state index contributed by atoms with van der Waals surface area (Å²) in [6.45, 7) is 2.65. The first-order valence-electron chi connectivity index (χ1n) is 7.34. The van der Waals surface area contributed by atoms with E-state index in [0.717, 1.165) is 29.5 Å². The van der Waals surface area contributed by atoms with Gasteiger partial charge in [0.1, 0.15) is 5.75 Å². The number of unbranched alkanes of at least 4 members (excludes halogenated alkanes) is 1. The highest BCUT2D eigenvalue weighted by molar-refractivity contribution is 5.75. The molecule has 2 aromatic carbocycles. The number of hydrogen-bond donors (Lipinski definition) is 2. The van der Waals surface area contributed by atoms with Gasteiger partial charge in [-0.2, -0.15) is 0 Å². The van der Waals surface area contributed by atoms with E-state index in [4.69, 9.17) is 0 Å². The molecule has 0 heterocycles. The third-order valence-corrected chi connectivity index (χ3v) is 3.40. The molecule has 0 aliphatic carbocycles. The van der Waals surface area contributed by atoms with Crippen molar-refractivity contribution >= 4 is 5.91 Å². The fraction of sp³-hybridized carbons (Fsp3) is 0.278. The Labute approximate surface area is 125 Å². The van der Waals surface area contributed by atoms with Crippen molar-refractivity contribution in [2.45, 2.75) is 32.7 Å². The van der Waals surface area contributed by atoms with E-state index >= 15 is 0 Å². The Morgan fingerprint density at radius 1 is 1.00 bits per heavy atom. The molecule has 0 unspecified atom stereocenters. The summed E-state index contributed by atoms with van der Waals surface area (Å²) >= 11 is 0. The zero-order chi connectivity index (χ0) is 15.1. The van der Waals surface area contributed by atoms with Crippen LogP contribution in [0.1, 0.15) is 31.7 Å². The zero-order valence-corrected chi connectivity index (χ0v) is 12.3. The van der Waals surface area contributed by atoms with Gasteiger partial charge in [0.2, 0.25) is 5.91 Å². The summed E-state index contributed by atoms with van der Waals surface area (Å²) < 4.78 is 0. The van der Waals surface area contributed by atoms with Crippen LogP contribution in [-0.4, -0.2) is 11.0 Å². The first-order valence-corrected chi connectivity index (χ1v) is 7.34. The van der Waals surface area contributed by atoms with Gasteiger partial charge in [-0.25, -0.2) is 0 Å². The zero-order valence-electron chi connectivity index (χ0n) is 12.3. The number of benzene rings is 2. The Morgan fingerprint density at radius 2 is 1.57 bits per heavy atom. The molecule has 0 aliphatic rings. The number of carbonyl (C=O) groups is 1. The molecule has 0 saturated heterocycles. The maximum absolute atomic E-state index is 11.6. The third-order valence-electron chi connectivity index (χ3n) is 3.40. The summed E-state index contributed by atoms with van der Waals surface area (Å²) in [7, 11) is 0. The monoisotopic (exact) mass is 283 g/mol. The minimum absolute atomic E-state index is 0.111. The van der Waals surface area contributed by atoms with Crippen molar-refractivity contribution in [2.75, 3.05) is 0 Å². The number of phenolic OH excluding ortho intramolecular Hbond substituents is 1. The minimum Gasteiger partial charge on any atom is -0.508 e. The molecule has 0 fully saturated rings. The smallest absolute Gasteiger partial charge is 0.220 e. The van der Waals surface area contributed by atoms with Gasteiger partial charge in [0.05, 0.1) is 0 Å². The average Bonchev–Trinajstić information content (AvgIpc) is 2.52. The Hall–Kier alpha value is -2.29. The summed E-state index contributed by atoms with van der Waals surface area (Å²) in [4.78, 5) is 11.6. The van der Waals surface area contributed by atoms with E-state index in [1.165, 1.54) is 0 Å². The quantitative estimate of drug-likeness (QED) is 0.845. The largest absolute Gasteiger partial charge is 0.508 e. The Kier molecular flexibility index (Phi) is 5.38. The molecule has 3 nitrogen and oxygen atoms in total. The van der Waals surface area contributed by atoms with E-state index in [9.17, 15) is 9.90 Å². The van der Waals surface area contributed by atoms with Crippen molar-refractivity contribution in [1.29, 1.82) is 0 Å². The van der Waals surface area contributed by atoms with Crippen LogP contribution in [-0.2, 0) is 11.3 Å². The molecule has 0 aliphatic heterocycles. The number of aromatic hydroxyl groups is 1. The molecule has 0 bridgehead atoms. The van der Waals surface area contributed by atoms with Gasteiger partial charge in [-0.05, 0) is 35.2 Å². The summed E-state index contributed by atoms with van der Waals surface area (Å²) in [5.41, 5.74) is 3.24. The number of hydrogen-bond acceptors (Lipinski definition) is 2. The molecular weight excluding hydrogens is 262 g/mol. The van der Waals surface area contributed by atoms with Crippen LogP contribution in [0.15, 0.2) is 48.5 Å². The Balaban J connectivity index is 1.93. The normalized spacial score (nSPS) is 10.3. The van der Waals surface area contributed by atoms with Gasteiger partial charge in [-0.15, -0.1) is 0 Å². The van der Waals surface area contributed by atoms with E-state index in [0.29, 0.717) is 13.0 Å². The highest BCUT2D eigenvalue weighted by Gasteiger charge is 2.02. The molecule has 0 saturated carbocycles. The Morgan fingerprint density at radius 3 is 2.14 bits per heavy atom. The SMILES string of the molecule is CCCCC(=O)NCc1ccc(-c2ccc(O)cc2)cc1. The van der Waals surface area contributed by atoms with E-state index in [2.05, 4.69) is 12.2 Å². The molecule has 0 atom stereocenters. The van der Waals surface area contributed by atoms with E-state index in [1.807, 2.05) is 36.4 Å². The van der Waals surface area contributed by atoms with Gasteiger partial charge in [0.25, 0.3) is 0 Å². The number of amides is 1. The van der Waals surface area contributed by atoms with Crippen LogP contribution in [0.2, 0.25) is 0 Å². The maximum Gasteiger partial charge on any atom is 0.220 e. The van der Waals surface area contributed by atoms with Gasteiger partial charge in [0, 0.05) is 13.0 Å². The van der Waals surface area contributed by atoms with Gasteiger partial charge in [-0.1, -0.05) is 49.7 Å². The fourth-order valence-electron chi connectivity index (χ4n) is 2.10. The van der Waals surface area contributed by atoms with Crippen LogP contribution >= 0.6 is 0 Å². The van der Waals surface area contributed by atoms with Crippen molar-refractivity contribution < 1.29 is 9.90 Å². The number of nitrogens with one attached hydrogen (secondary N) is 1. The van der Waals surface area contributed by atoms with Crippen molar-refractivity contribution in [3.8, 4) is 16.9 Å². The topological polar surface area (TPSA) is 49.3 Å². The van der Waals surface area contributed by atoms with Crippen LogP contribution in [0.4, 0.5) is 0 Å². The third kappa shape index (κ3) is 4.63. The van der Waals surface area contributed by atoms with Gasteiger partial charge in [-0.3, -0.25) is 4.79 Å². The first kappa shape index (κ1) is 15.1. The number of rotatable bonds is 6. The number of phenols is 1. The first-order chi connectivity index (χ1) is 10.2. The molecule has 110 valence electrons. The summed E-state index contributed by atoms with van der Waals surface area (Å²) in [5, 5.41) is 12.2. The Bertz CT molecular complexity index is 573. The summed E-state index contributed by atoms with van der Waals surface area (Å²) in [5.74, 6) is 0.379. The lowest BCUT2D eigenvalue weighted by Gasteiger charge is -2.07. The molecule has 1 amide bonds. The minimum atomic E-state index is 0.111. The van der Waals surface area contributed by atoms with Gasteiger partial charge >= 0.3 is 0 Å². The molecule has 0 aromatic heterocycles. The second-order valence-electron chi connectivity index (χ2n) is 5.12. The van der Waals surface area contributed by atoms with E-state index in [-0.39, 0.29) is 11.7 Å². The van der Waals surface area contributed by atoms with Crippen LogP contribution in [0, 0.1) is 0 Å². The lowest BCUT2D eigenvalue weighted by atomic mass is 10.0. The maximum atomic E-state index is 11.6. The summed E-state index contributed by atoms with van der Waals surface area (Å²) in [6, 6.07) is 15.2. The molecule has 2 rings (SSSR count). The highest BCUT2D eigenvalue weighted by Crippen LogP contribution is 2.22. The van der Waals surface area contributed by atoms with Crippen LogP contribution in [0.25, 0.3) is 11.1 Å². The molecule has 3 heteroatoms. The van der Waals surface area contributed by atoms with Crippen LogP contribution in [0.3, 0.4) is 0 Å².